The Labute approximate surface area is 319 Å². The van der Waals surface area contributed by atoms with Gasteiger partial charge in [0.15, 0.2) is 11.9 Å². The van der Waals surface area contributed by atoms with E-state index in [1.54, 1.807) is 17.2 Å². The number of ketones is 1. The molecule has 0 radical (unpaired) electrons. The van der Waals surface area contributed by atoms with Crippen molar-refractivity contribution in [1.82, 2.24) is 20.1 Å². The molecule has 0 saturated carbocycles. The molecule has 53 heavy (non-hydrogen) atoms. The van der Waals surface area contributed by atoms with Crippen LogP contribution in [0.25, 0.3) is 0 Å². The second-order valence-electron chi connectivity index (χ2n) is 14.9. The van der Waals surface area contributed by atoms with Gasteiger partial charge in [0.2, 0.25) is 5.91 Å². The highest BCUT2D eigenvalue weighted by atomic mass is 32.1. The Bertz CT molecular complexity index is 1500. The Morgan fingerprint density at radius 2 is 1.77 bits per heavy atom. The summed E-state index contributed by atoms with van der Waals surface area (Å²) >= 11 is 1.18. The normalized spacial score (nSPS) is 18.3. The topological polar surface area (TPSA) is 155 Å². The Morgan fingerprint density at radius 3 is 2.36 bits per heavy atom. The lowest BCUT2D eigenvalue weighted by Gasteiger charge is -2.39. The summed E-state index contributed by atoms with van der Waals surface area (Å²) in [6.45, 7) is 11.8. The summed E-state index contributed by atoms with van der Waals surface area (Å²) in [5, 5.41) is 14.5. The third-order valence-electron chi connectivity index (χ3n) is 10.4. The third-order valence-corrected chi connectivity index (χ3v) is 11.4. The number of esters is 1. The number of piperidine rings is 1. The molecule has 0 bridgehead atoms. The largest absolute Gasteiger partial charge is 0.481 e. The van der Waals surface area contributed by atoms with Crippen LogP contribution in [0.15, 0.2) is 35.7 Å². The van der Waals surface area contributed by atoms with Gasteiger partial charge in [0, 0.05) is 50.3 Å². The molecule has 1 fully saturated rings. The van der Waals surface area contributed by atoms with E-state index in [9.17, 15) is 29.1 Å². The number of nitrogens with one attached hydrogen (secondary N) is 1. The van der Waals surface area contributed by atoms with Crippen molar-refractivity contribution in [2.75, 3.05) is 27.4 Å². The van der Waals surface area contributed by atoms with Crippen LogP contribution in [0.3, 0.4) is 0 Å². The monoisotopic (exact) mass is 756 g/mol. The van der Waals surface area contributed by atoms with Crippen molar-refractivity contribution in [3.8, 4) is 0 Å². The van der Waals surface area contributed by atoms with E-state index < -0.39 is 47.9 Å². The minimum Gasteiger partial charge on any atom is -0.481 e. The summed E-state index contributed by atoms with van der Waals surface area (Å²) in [5.74, 6) is -3.41. The zero-order valence-corrected chi connectivity index (χ0v) is 33.5. The van der Waals surface area contributed by atoms with Gasteiger partial charge in [0.05, 0.1) is 12.0 Å². The number of likely N-dealkylation sites (tertiary alicyclic amines) is 1. The maximum Gasteiger partial charge on any atom is 0.306 e. The van der Waals surface area contributed by atoms with Crippen molar-refractivity contribution in [3.05, 3.63) is 52.0 Å². The lowest BCUT2D eigenvalue weighted by Crippen LogP contribution is -2.50. The van der Waals surface area contributed by atoms with Gasteiger partial charge in [-0.25, -0.2) is 4.98 Å². The first-order chi connectivity index (χ1) is 25.2. The number of carboxylic acid groups (broad SMARTS) is 1. The SMILES string of the molecule is CC[C@H](C)[C@H](CC(=O)[C@H]1CCCCN1C)C(=O)N(COC)[C@H](C[C@@H](OC(C)=O)c1nc(C(=O)N[C@@H](Cc2ccccc2)C[C@H](C)C(=O)O)cs1)C(C)C. The first-order valence-electron chi connectivity index (χ1n) is 18.9. The molecule has 7 atom stereocenters. The lowest BCUT2D eigenvalue weighted by molar-refractivity contribution is -0.153. The van der Waals surface area contributed by atoms with E-state index in [1.807, 2.05) is 65.1 Å². The van der Waals surface area contributed by atoms with E-state index in [0.29, 0.717) is 11.4 Å². The molecule has 13 heteroatoms. The van der Waals surface area contributed by atoms with Crippen molar-refractivity contribution >= 4 is 40.9 Å². The van der Waals surface area contributed by atoms with Gasteiger partial charge < -0.3 is 24.8 Å². The fraction of sp³-hybridized carbons (Fsp3) is 0.650. The summed E-state index contributed by atoms with van der Waals surface area (Å²) in [6.07, 6.45) is 3.69. The third kappa shape index (κ3) is 13.0. The van der Waals surface area contributed by atoms with Crippen LogP contribution in [0.4, 0.5) is 0 Å². The number of amides is 2. The molecule has 1 aliphatic rings. The number of nitrogens with zero attached hydrogens (tertiary/aromatic N) is 3. The highest BCUT2D eigenvalue weighted by Crippen LogP contribution is 2.33. The van der Waals surface area contributed by atoms with Gasteiger partial charge in [0.25, 0.3) is 5.91 Å². The molecule has 1 aromatic heterocycles. The molecular weight excluding hydrogens is 697 g/mol. The fourth-order valence-electron chi connectivity index (χ4n) is 7.12. The maximum atomic E-state index is 14.5. The van der Waals surface area contributed by atoms with Crippen LogP contribution in [-0.2, 0) is 35.1 Å². The van der Waals surface area contributed by atoms with Crippen LogP contribution in [0.1, 0.15) is 114 Å². The number of Topliss-reactive ketones (excluding diaryl/α,β-unsaturated/α-hetero) is 1. The number of hydrogen-bond donors (Lipinski definition) is 2. The smallest absolute Gasteiger partial charge is 0.306 e. The van der Waals surface area contributed by atoms with Crippen LogP contribution in [0.2, 0.25) is 0 Å². The number of carboxylic acids is 1. The van der Waals surface area contributed by atoms with Gasteiger partial charge in [-0.1, -0.05) is 77.8 Å². The molecule has 12 nitrogen and oxygen atoms in total. The van der Waals surface area contributed by atoms with Crippen LogP contribution in [0, 0.1) is 23.7 Å². The number of methoxy groups -OCH3 is 1. The first-order valence-corrected chi connectivity index (χ1v) is 19.8. The zero-order chi connectivity index (χ0) is 39.2. The molecule has 0 unspecified atom stereocenters. The van der Waals surface area contributed by atoms with Gasteiger partial charge in [-0.15, -0.1) is 11.3 Å². The van der Waals surface area contributed by atoms with Crippen LogP contribution >= 0.6 is 11.3 Å². The Morgan fingerprint density at radius 1 is 1.08 bits per heavy atom. The van der Waals surface area contributed by atoms with Crippen LogP contribution < -0.4 is 5.32 Å². The highest BCUT2D eigenvalue weighted by molar-refractivity contribution is 7.09. The van der Waals surface area contributed by atoms with E-state index in [1.165, 1.54) is 25.4 Å². The molecule has 3 rings (SSSR count). The predicted molar refractivity (Wildman–Crippen MR) is 204 cm³/mol. The number of carbonyl (C=O) groups is 5. The molecule has 1 aliphatic heterocycles. The summed E-state index contributed by atoms with van der Waals surface area (Å²) in [4.78, 5) is 74.2. The quantitative estimate of drug-likeness (QED) is 0.112. The average Bonchev–Trinajstić information content (AvgIpc) is 3.62. The summed E-state index contributed by atoms with van der Waals surface area (Å²) in [6, 6.07) is 8.41. The van der Waals surface area contributed by atoms with Crippen molar-refractivity contribution in [2.24, 2.45) is 23.7 Å². The minimum atomic E-state index is -0.947. The number of benzene rings is 1. The van der Waals surface area contributed by atoms with Crippen molar-refractivity contribution in [1.29, 1.82) is 0 Å². The second kappa shape index (κ2) is 21.3. The Balaban J connectivity index is 1.87. The number of carbonyl (C=O) groups excluding carboxylic acids is 4. The summed E-state index contributed by atoms with van der Waals surface area (Å²) < 4.78 is 11.4. The molecular formula is C40H60N4O8S. The standard InChI is InChI=1S/C40H60N4O8S/c1-9-26(4)31(21-35(46)33-17-13-14-18-43(33)7)39(48)44(24-51-8)34(25(2)3)22-36(52-28(6)45)38-42-32(23-53-38)37(47)41-30(19-27(5)40(49)50)20-29-15-11-10-12-16-29/h10-12,15-16,23,25-27,30-31,33-34,36H,9,13-14,17-22,24H2,1-8H3,(H,41,47)(H,49,50)/t26-,27-,30+,31-,33+,34+,36+/m0/s1. The Hall–Kier alpha value is -3.68. The van der Waals surface area contributed by atoms with Gasteiger partial charge in [-0.3, -0.25) is 28.9 Å². The fourth-order valence-corrected chi connectivity index (χ4v) is 7.96. The lowest BCUT2D eigenvalue weighted by atomic mass is 9.82. The predicted octanol–water partition coefficient (Wildman–Crippen LogP) is 6.15. The number of thiazole rings is 1. The molecule has 0 aliphatic carbocycles. The number of ether oxygens (including phenoxy) is 2. The van der Waals surface area contributed by atoms with Gasteiger partial charge in [-0.2, -0.15) is 0 Å². The molecule has 1 aromatic carbocycles. The van der Waals surface area contributed by atoms with Crippen LogP contribution in [-0.4, -0.2) is 95.0 Å². The maximum absolute atomic E-state index is 14.5. The Kier molecular flexibility index (Phi) is 17.5. The van der Waals surface area contributed by atoms with E-state index in [0.717, 1.165) is 37.8 Å². The van der Waals surface area contributed by atoms with Gasteiger partial charge >= 0.3 is 11.9 Å². The number of hydrogen-bond acceptors (Lipinski definition) is 10. The molecule has 294 valence electrons. The second-order valence-corrected chi connectivity index (χ2v) is 15.8. The number of aromatic nitrogens is 1. The summed E-state index contributed by atoms with van der Waals surface area (Å²) in [7, 11) is 3.50. The number of likely N-dealkylation sites (N-methyl/N-ethyl adjacent to an activating group) is 1. The first kappa shape index (κ1) is 43.7. The average molecular weight is 757 g/mol. The molecule has 0 spiro atoms. The zero-order valence-electron chi connectivity index (χ0n) is 32.7. The van der Waals surface area contributed by atoms with E-state index in [-0.39, 0.29) is 61.3 Å². The minimum absolute atomic E-state index is 0.0119. The molecule has 2 amide bonds. The van der Waals surface area contributed by atoms with Crippen molar-refractivity contribution < 1.29 is 38.6 Å². The van der Waals surface area contributed by atoms with Crippen molar-refractivity contribution in [3.63, 3.8) is 0 Å². The molecule has 2 heterocycles. The van der Waals surface area contributed by atoms with E-state index in [2.05, 4.69) is 15.2 Å². The number of rotatable bonds is 21. The van der Waals surface area contributed by atoms with Gasteiger partial charge in [0.1, 0.15) is 17.4 Å². The van der Waals surface area contributed by atoms with Crippen molar-refractivity contribution in [2.45, 2.75) is 117 Å². The van der Waals surface area contributed by atoms with E-state index in [4.69, 9.17) is 9.47 Å². The van der Waals surface area contributed by atoms with Gasteiger partial charge in [-0.05, 0) is 56.7 Å². The highest BCUT2D eigenvalue weighted by Gasteiger charge is 2.39. The number of aliphatic carboxylic acids is 1. The van der Waals surface area contributed by atoms with Crippen LogP contribution in [0.5, 0.6) is 0 Å². The summed E-state index contributed by atoms with van der Waals surface area (Å²) in [5.41, 5.74) is 1.08. The molecule has 2 N–H and O–H groups in total. The van der Waals surface area contributed by atoms with E-state index >= 15 is 0 Å². The molecule has 1 saturated heterocycles. The molecule has 2 aromatic rings.